The summed E-state index contributed by atoms with van der Waals surface area (Å²) in [4.78, 5) is 0. The fraction of sp³-hybridized carbons (Fsp3) is 0.810. The summed E-state index contributed by atoms with van der Waals surface area (Å²) < 4.78 is 128. The molecule has 16 rings (SSSR count). The molecule has 15 nitrogen and oxygen atoms in total. The van der Waals surface area contributed by atoms with E-state index < -0.39 is 78.9 Å². The molecule has 482 valence electrons. The first kappa shape index (κ1) is 62.7. The van der Waals surface area contributed by atoms with Crippen LogP contribution < -0.4 is 4.21 Å². The van der Waals surface area contributed by atoms with E-state index in [2.05, 4.69) is 107 Å². The average molecular weight is 1360 g/mol. The van der Waals surface area contributed by atoms with Crippen LogP contribution in [0.1, 0.15) is 285 Å². The minimum Gasteiger partial charge on any atom is -0.399 e. The van der Waals surface area contributed by atoms with Crippen LogP contribution in [-0.2, 0) is 71.0 Å². The second-order valence-electron chi connectivity index (χ2n) is 33.1. The molecule has 24 heteroatoms. The second kappa shape index (κ2) is 22.1. The Balaban J connectivity index is 1.07. The maximum absolute atomic E-state index is 8.72. The molecule has 0 radical (unpaired) electrons. The van der Waals surface area contributed by atoms with Gasteiger partial charge in [-0.25, -0.2) is 4.21 Å². The van der Waals surface area contributed by atoms with Gasteiger partial charge < -0.3 is 57.8 Å². The van der Waals surface area contributed by atoms with Crippen LogP contribution >= 0.6 is 8.24 Å². The number of rotatable bonds is 9. The van der Waals surface area contributed by atoms with Gasteiger partial charge in [0.15, 0.2) is 0 Å². The summed E-state index contributed by atoms with van der Waals surface area (Å²) in [6.07, 6.45) is 26.7. The van der Waals surface area contributed by atoms with Gasteiger partial charge >= 0.3 is 78.9 Å². The summed E-state index contributed by atoms with van der Waals surface area (Å²) in [5.41, 5.74) is 4.20. The van der Waals surface area contributed by atoms with Gasteiger partial charge in [-0.15, -0.1) is 0 Å². The topological polar surface area (TPSA) is 146 Å². The van der Waals surface area contributed by atoms with Crippen molar-refractivity contribution in [2.45, 2.75) is 323 Å². The maximum atomic E-state index is 8.72. The number of hydrogen-bond donors (Lipinski definition) is 0. The van der Waals surface area contributed by atoms with Gasteiger partial charge in [0.25, 0.3) is 0 Å². The SMILES string of the molecule is CC(C)(C)c1cc(C(C)(C)C)c2op(O[Si]34O[Si]5(C6CCCC6)O[Si]6(C7CCCC7)O[Si](C7CCCC7)(O3)O[Si]3(C7CCCC7)O[Si](C7CCCC7)(O4)O[Si](C4CCCC4)(O5)O[Si](C4CCCC4)(O6)O3)oc3c(C(C)(C)C)cc(C(C)(C)C)cc3c2c1. The highest BCUT2D eigenvalue weighted by Gasteiger charge is 2.89. The molecule has 7 aliphatic carbocycles. The van der Waals surface area contributed by atoms with Crippen molar-refractivity contribution < 1.29 is 62.0 Å². The van der Waals surface area contributed by atoms with Crippen molar-refractivity contribution in [1.82, 2.24) is 0 Å². The van der Waals surface area contributed by atoms with Crippen molar-refractivity contribution in [1.29, 1.82) is 0 Å². The average Bonchev–Trinajstić information content (AvgIpc) is 1.53. The van der Waals surface area contributed by atoms with E-state index in [-0.39, 0.29) is 60.4 Å². The van der Waals surface area contributed by atoms with E-state index in [1.165, 1.54) is 11.1 Å². The van der Waals surface area contributed by atoms with Crippen molar-refractivity contribution in [2.75, 3.05) is 0 Å². The fourth-order valence-electron chi connectivity index (χ4n) is 17.7. The molecule has 0 spiro atoms. The first-order valence-electron chi connectivity index (χ1n) is 34.9. The van der Waals surface area contributed by atoms with Crippen molar-refractivity contribution in [2.24, 2.45) is 0 Å². The zero-order valence-electron chi connectivity index (χ0n) is 54.7. The van der Waals surface area contributed by atoms with E-state index in [4.69, 9.17) is 62.0 Å². The van der Waals surface area contributed by atoms with Crippen LogP contribution in [0.2, 0.25) is 38.8 Å². The summed E-state index contributed by atoms with van der Waals surface area (Å²) in [7, 11) is -37.4. The van der Waals surface area contributed by atoms with Crippen LogP contribution in [0.4, 0.5) is 0 Å². The molecule has 13 aliphatic rings. The summed E-state index contributed by atoms with van der Waals surface area (Å²) in [6, 6.07) is 9.42. The lowest BCUT2D eigenvalue weighted by Gasteiger charge is -2.66. The second-order valence-corrected chi connectivity index (χ2v) is 59.6. The van der Waals surface area contributed by atoms with Gasteiger partial charge in [0, 0.05) is 60.7 Å². The van der Waals surface area contributed by atoms with Crippen molar-refractivity contribution >= 4 is 101 Å². The molecule has 1 aromatic heterocycles. The van der Waals surface area contributed by atoms with Gasteiger partial charge in [-0.2, -0.15) is 0 Å². The Bertz CT molecular complexity index is 2860. The van der Waals surface area contributed by atoms with Gasteiger partial charge in [-0.1, -0.05) is 185 Å². The molecule has 87 heavy (non-hydrogen) atoms. The standard InChI is InChI=1S/C63H103O15PSi8/c1-60(2,3)45-41-54-55-42-46(61(4,5)6)44-57(63(10,11)12)59(55)65-79(64-58(54)56(43-45)62(7,8)9)66-87-76-84(51-35-21-22-36-51)70-81(48-29-15-16-30-48)67-80(47-27-13-14-28-47)68-82(72-84,49-31-17-18-32-49)74-86(78-87,53-39-25-26-40-53)75-83(69-80,50-33-19-20-34-50)73-85(71-81,77-87)52-37-23-24-38-52/h41-44,47-53H,13-40H2,1-12H3. The number of benzene rings is 2. The third kappa shape index (κ3) is 10.8. The highest BCUT2D eigenvalue weighted by Crippen LogP contribution is 2.67. The third-order valence-corrected chi connectivity index (χ3v) is 62.8. The lowest BCUT2D eigenvalue weighted by molar-refractivity contribution is -0.0571. The van der Waals surface area contributed by atoms with Gasteiger partial charge in [-0.3, -0.25) is 0 Å². The van der Waals surface area contributed by atoms with Crippen molar-refractivity contribution in [3.05, 3.63) is 46.5 Å². The molecule has 6 saturated heterocycles. The van der Waals surface area contributed by atoms with Crippen LogP contribution in [0.3, 0.4) is 0 Å². The molecule has 7 heterocycles. The smallest absolute Gasteiger partial charge is 0.399 e. The van der Waals surface area contributed by atoms with E-state index in [0.717, 1.165) is 213 Å². The van der Waals surface area contributed by atoms with E-state index >= 15 is 0 Å². The zero-order chi connectivity index (χ0) is 60.5. The van der Waals surface area contributed by atoms with E-state index in [1.807, 2.05) is 0 Å². The predicted octanol–water partition coefficient (Wildman–Crippen LogP) is 18.8. The molecule has 7 saturated carbocycles. The maximum Gasteiger partial charge on any atom is 0.669 e. The first-order chi connectivity index (χ1) is 41.2. The monoisotopic (exact) mass is 1350 g/mol. The van der Waals surface area contributed by atoms with Crippen LogP contribution in [-0.4, -0.2) is 70.7 Å². The molecular formula is C63H103O15PSi8. The highest BCUT2D eigenvalue weighted by molar-refractivity contribution is 7.34. The normalized spacial score (nSPS) is 38.2. The fourth-order valence-corrected chi connectivity index (χ4v) is 74.2. The van der Waals surface area contributed by atoms with Crippen LogP contribution in [0.15, 0.2) is 32.7 Å². The molecule has 13 fully saturated rings. The van der Waals surface area contributed by atoms with Crippen LogP contribution in [0, 0.1) is 0 Å². The Hall–Kier alpha value is -0.445. The van der Waals surface area contributed by atoms with E-state index in [1.54, 1.807) is 0 Å². The number of fused-ring (bicyclic) bond motifs is 3. The van der Waals surface area contributed by atoms with E-state index in [0.29, 0.717) is 0 Å². The Morgan fingerprint density at radius 3 is 0.701 bits per heavy atom. The zero-order valence-corrected chi connectivity index (χ0v) is 63.6. The summed E-state index contributed by atoms with van der Waals surface area (Å²) >= 11 is 0. The van der Waals surface area contributed by atoms with E-state index in [9.17, 15) is 0 Å². The third-order valence-electron chi connectivity index (χ3n) is 22.7. The first-order valence-corrected chi connectivity index (χ1v) is 50.2. The minimum absolute atomic E-state index is 0.0145. The number of hydrogen-bond acceptors (Lipinski definition) is 15. The van der Waals surface area contributed by atoms with Crippen LogP contribution in [0.25, 0.3) is 21.9 Å². The molecule has 0 atom stereocenters. The summed E-state index contributed by atoms with van der Waals surface area (Å²) in [5.74, 6) is 0. The van der Waals surface area contributed by atoms with Gasteiger partial charge in [0.05, 0.1) is 0 Å². The summed E-state index contributed by atoms with van der Waals surface area (Å²) in [6.45, 7) is 27.5. The molecule has 3 aromatic rings. The molecule has 0 unspecified atom stereocenters. The molecule has 0 N–H and O–H groups in total. The molecule has 0 amide bonds. The lowest BCUT2D eigenvalue weighted by Crippen LogP contribution is -2.91. The molecule has 6 aliphatic heterocycles. The Kier molecular flexibility index (Phi) is 15.9. The van der Waals surface area contributed by atoms with Gasteiger partial charge in [0.1, 0.15) is 11.2 Å². The Morgan fingerprint density at radius 2 is 0.506 bits per heavy atom. The lowest BCUT2D eigenvalue weighted by atomic mass is 9.77. The van der Waals surface area contributed by atoms with Gasteiger partial charge in [-0.05, 0) is 135 Å². The highest BCUT2D eigenvalue weighted by atomic mass is 31.1. The molecule has 2 aromatic carbocycles. The van der Waals surface area contributed by atoms with Crippen molar-refractivity contribution in [3.8, 4) is 0 Å². The predicted molar refractivity (Wildman–Crippen MR) is 352 cm³/mol. The largest absolute Gasteiger partial charge is 0.669 e. The quantitative estimate of drug-likeness (QED) is 0.187. The molecular weight excluding hydrogens is 1250 g/mol. The summed E-state index contributed by atoms with van der Waals surface area (Å²) in [5, 5.41) is 1.96. The van der Waals surface area contributed by atoms with Crippen LogP contribution in [0.5, 0.6) is 0 Å². The Labute approximate surface area is 529 Å². The van der Waals surface area contributed by atoms with Gasteiger partial charge in [0.2, 0.25) is 0 Å². The molecule has 8 bridgehead atoms. The Morgan fingerprint density at radius 1 is 0.299 bits per heavy atom. The minimum atomic E-state index is -5.07. The van der Waals surface area contributed by atoms with Crippen molar-refractivity contribution in [3.63, 3.8) is 0 Å².